The molecule has 0 bridgehead atoms. The molecule has 0 fully saturated rings. The molecule has 0 aliphatic heterocycles. The Balaban J connectivity index is 0.00000480. The summed E-state index contributed by atoms with van der Waals surface area (Å²) in [6, 6.07) is 8.32. The number of allylic oxidation sites excluding steroid dienone is 3. The van der Waals surface area contributed by atoms with Crippen LogP contribution in [-0.2, 0) is 9.44 Å². The first-order valence-electron chi connectivity index (χ1n) is 9.24. The molecule has 0 spiro atoms. The van der Waals surface area contributed by atoms with E-state index < -0.39 is 32.2 Å². The number of hydrogen-bond donors (Lipinski definition) is 1. The van der Waals surface area contributed by atoms with Crippen molar-refractivity contribution in [1.29, 1.82) is 0 Å². The van der Waals surface area contributed by atoms with Crippen molar-refractivity contribution in [2.45, 2.75) is 55.4 Å². The second-order valence-corrected chi connectivity index (χ2v) is 14.2. The summed E-state index contributed by atoms with van der Waals surface area (Å²) in [6.45, 7) is 10.8. The molecule has 31 heavy (non-hydrogen) atoms. The van der Waals surface area contributed by atoms with E-state index in [0.29, 0.717) is 5.56 Å². The third-order valence-electron chi connectivity index (χ3n) is 5.19. The maximum atomic E-state index is 12.2. The molecule has 2 atom stereocenters. The molecule has 10 heteroatoms. The first-order valence-corrected chi connectivity index (χ1v) is 12.3. The molecule has 4 nitrogen and oxygen atoms in total. The van der Waals surface area contributed by atoms with Gasteiger partial charge in [-0.3, -0.25) is 0 Å². The molecule has 2 rings (SSSR count). The number of hydrogen-bond acceptors (Lipinski definition) is 4. The van der Waals surface area contributed by atoms with Crippen LogP contribution in [0, 0.1) is 10.8 Å². The fourth-order valence-electron chi connectivity index (χ4n) is 3.81. The van der Waals surface area contributed by atoms with Gasteiger partial charge in [0, 0.05) is 5.57 Å². The monoisotopic (exact) mass is 552 g/mol. The van der Waals surface area contributed by atoms with E-state index in [1.165, 1.54) is 6.08 Å². The summed E-state index contributed by atoms with van der Waals surface area (Å²) in [6.07, 6.45) is 1.22. The molecule has 1 aliphatic rings. The minimum atomic E-state index is -5.71. The summed E-state index contributed by atoms with van der Waals surface area (Å²) in [5.41, 5.74) is -0.679. The van der Waals surface area contributed by atoms with Crippen LogP contribution in [0.25, 0.3) is 0 Å². The van der Waals surface area contributed by atoms with Crippen LogP contribution in [-0.4, -0.2) is 51.8 Å². The SMILES string of the molecule is CC(C)(C)C1=CC(Cl)(C(Cl)(Cl)P(=O)([O-])[O-])C(Cl)(c2ccccc2)C(C(C)(C)C)=C1O.[Ca+2]. The van der Waals surface area contributed by atoms with Crippen LogP contribution in [0.3, 0.4) is 0 Å². The Bertz CT molecular complexity index is 944. The number of rotatable bonds is 3. The van der Waals surface area contributed by atoms with Gasteiger partial charge in [-0.15, -0.1) is 23.2 Å². The molecule has 1 N–H and O–H groups in total. The van der Waals surface area contributed by atoms with E-state index in [0.717, 1.165) is 0 Å². The second-order valence-electron chi connectivity index (χ2n) is 9.56. The van der Waals surface area contributed by atoms with Crippen molar-refractivity contribution in [1.82, 2.24) is 0 Å². The number of benzene rings is 1. The fraction of sp³-hybridized carbons (Fsp3) is 0.524. The van der Waals surface area contributed by atoms with Crippen LogP contribution in [0.4, 0.5) is 0 Å². The van der Waals surface area contributed by atoms with Crippen LogP contribution in [0.5, 0.6) is 0 Å². The summed E-state index contributed by atoms with van der Waals surface area (Å²) in [5.74, 6) is -0.138. The van der Waals surface area contributed by atoms with Crippen molar-refractivity contribution < 1.29 is 19.5 Å². The maximum Gasteiger partial charge on any atom is 2.00 e. The van der Waals surface area contributed by atoms with E-state index in [9.17, 15) is 19.5 Å². The smallest absolute Gasteiger partial charge is 0.809 e. The largest absolute Gasteiger partial charge is 2.00 e. The Kier molecular flexibility index (Phi) is 8.99. The van der Waals surface area contributed by atoms with Crippen molar-refractivity contribution in [2.75, 3.05) is 0 Å². The number of aliphatic hydroxyl groups excluding tert-OH is 1. The molecule has 0 saturated heterocycles. The van der Waals surface area contributed by atoms with Gasteiger partial charge in [-0.2, -0.15) is 0 Å². The molecule has 0 heterocycles. The Morgan fingerprint density at radius 3 is 1.74 bits per heavy atom. The molecule has 2 unspecified atom stereocenters. The van der Waals surface area contributed by atoms with E-state index in [2.05, 4.69) is 0 Å². The quantitative estimate of drug-likeness (QED) is 0.300. The Hall–Kier alpha value is 1.07. The predicted octanol–water partition coefficient (Wildman–Crippen LogP) is 5.61. The molecule has 168 valence electrons. The Morgan fingerprint density at radius 1 is 0.935 bits per heavy atom. The molecule has 1 aromatic rings. The number of aliphatic hydroxyl groups is 1. The molecule has 0 saturated carbocycles. The second kappa shape index (κ2) is 9.26. The zero-order chi connectivity index (χ0) is 23.6. The van der Waals surface area contributed by atoms with Crippen LogP contribution >= 0.6 is 54.0 Å². The van der Waals surface area contributed by atoms with Crippen molar-refractivity contribution in [3.05, 3.63) is 58.9 Å². The standard InChI is InChI=1S/C21H27Cl4O4P.Ca/c1-17(2,3)14-12-19(22,21(24,25)30(27,28)29)20(23,13-10-8-7-9-11-13)16(15(14)26)18(4,5)6;/h7-12,26H,1-6H3,(H2,27,28,29);/q;+2/p-2. The van der Waals surface area contributed by atoms with Crippen molar-refractivity contribution in [2.24, 2.45) is 10.8 Å². The van der Waals surface area contributed by atoms with Crippen LogP contribution in [0.15, 0.2) is 53.3 Å². The minimum Gasteiger partial charge on any atom is -0.809 e. The van der Waals surface area contributed by atoms with Gasteiger partial charge in [0.1, 0.15) is 15.5 Å². The van der Waals surface area contributed by atoms with Gasteiger partial charge >= 0.3 is 37.7 Å². The molecular weight excluding hydrogens is 529 g/mol. The van der Waals surface area contributed by atoms with Gasteiger partial charge in [0.25, 0.3) is 0 Å². The van der Waals surface area contributed by atoms with Gasteiger partial charge in [-0.05, 0) is 29.6 Å². The predicted molar refractivity (Wildman–Crippen MR) is 127 cm³/mol. The van der Waals surface area contributed by atoms with Gasteiger partial charge in [0.2, 0.25) is 0 Å². The molecule has 0 aromatic heterocycles. The van der Waals surface area contributed by atoms with Crippen LogP contribution in [0.2, 0.25) is 0 Å². The summed E-state index contributed by atoms with van der Waals surface area (Å²) in [5, 5.41) is 11.4. The first-order chi connectivity index (χ1) is 13.2. The van der Waals surface area contributed by atoms with Crippen LogP contribution in [0.1, 0.15) is 47.1 Å². The summed E-state index contributed by atoms with van der Waals surface area (Å²) >= 11 is 26.7. The van der Waals surface area contributed by atoms with Gasteiger partial charge in [0.15, 0.2) is 4.07 Å². The van der Waals surface area contributed by atoms with E-state index in [-0.39, 0.29) is 54.6 Å². The molecular formula is C21H25CaCl4O4P. The summed E-state index contributed by atoms with van der Waals surface area (Å²) in [7, 11) is -5.71. The zero-order valence-corrected chi connectivity index (χ0v) is 24.4. The third kappa shape index (κ3) is 4.92. The molecule has 1 aliphatic carbocycles. The fourth-order valence-corrected chi connectivity index (χ4v) is 6.31. The Morgan fingerprint density at radius 2 is 1.39 bits per heavy atom. The van der Waals surface area contributed by atoms with Crippen molar-refractivity contribution >= 4 is 91.7 Å². The topological polar surface area (TPSA) is 83.4 Å². The maximum absolute atomic E-state index is 12.2. The summed E-state index contributed by atoms with van der Waals surface area (Å²) in [4.78, 5) is 20.2. The zero-order valence-electron chi connectivity index (χ0n) is 18.3. The average molecular weight is 554 g/mol. The Labute approximate surface area is 234 Å². The van der Waals surface area contributed by atoms with E-state index >= 15 is 0 Å². The van der Waals surface area contributed by atoms with E-state index in [4.69, 9.17) is 46.4 Å². The molecule has 1 aromatic carbocycles. The van der Waals surface area contributed by atoms with Gasteiger partial charge in [-0.1, -0.05) is 101 Å². The average Bonchev–Trinajstić information content (AvgIpc) is 2.55. The molecule has 0 amide bonds. The minimum absolute atomic E-state index is 0. The third-order valence-corrected chi connectivity index (χ3v) is 9.87. The number of halogens is 4. The molecule has 0 radical (unpaired) electrons. The first kappa shape index (κ1) is 30.1. The van der Waals surface area contributed by atoms with Crippen molar-refractivity contribution in [3.8, 4) is 0 Å². The van der Waals surface area contributed by atoms with Crippen molar-refractivity contribution in [3.63, 3.8) is 0 Å². The summed E-state index contributed by atoms with van der Waals surface area (Å²) < 4.78 is 9.19. The van der Waals surface area contributed by atoms with E-state index in [1.807, 2.05) is 0 Å². The van der Waals surface area contributed by atoms with E-state index in [1.54, 1.807) is 71.9 Å². The normalized spacial score (nSPS) is 25.7. The van der Waals surface area contributed by atoms with Crippen LogP contribution < -0.4 is 9.79 Å². The van der Waals surface area contributed by atoms with Gasteiger partial charge in [0.05, 0.1) is 0 Å². The van der Waals surface area contributed by atoms with Gasteiger partial charge < -0.3 is 19.5 Å². The van der Waals surface area contributed by atoms with Gasteiger partial charge in [-0.25, -0.2) is 0 Å². The number of alkyl halides is 4.